The Bertz CT molecular complexity index is 420. The Morgan fingerprint density at radius 1 is 1.50 bits per heavy atom. The molecule has 2 aliphatic rings. The highest BCUT2D eigenvalue weighted by atomic mass is 35.5. The van der Waals surface area contributed by atoms with Crippen LogP contribution in [0.4, 0.5) is 0 Å². The van der Waals surface area contributed by atoms with Crippen molar-refractivity contribution in [3.05, 3.63) is 16.9 Å². The molecular formula is C13H20ClN3O. The second kappa shape index (κ2) is 4.51. The molecule has 2 saturated carbocycles. The first-order chi connectivity index (χ1) is 8.63. The van der Waals surface area contributed by atoms with Crippen molar-refractivity contribution in [3.8, 4) is 0 Å². The highest BCUT2D eigenvalue weighted by Crippen LogP contribution is 2.42. The van der Waals surface area contributed by atoms with Gasteiger partial charge in [-0.25, -0.2) is 0 Å². The summed E-state index contributed by atoms with van der Waals surface area (Å²) >= 11 is 6.05. The van der Waals surface area contributed by atoms with E-state index in [0.29, 0.717) is 23.5 Å². The summed E-state index contributed by atoms with van der Waals surface area (Å²) < 4.78 is 1.88. The minimum Gasteiger partial charge on any atom is -0.394 e. The zero-order valence-electron chi connectivity index (χ0n) is 10.7. The molecule has 0 saturated heterocycles. The maximum Gasteiger partial charge on any atom is 0.0814 e. The molecule has 1 aromatic heterocycles. The number of aromatic nitrogens is 2. The third kappa shape index (κ3) is 2.42. The number of aliphatic hydroxyl groups excluding tert-OH is 1. The Hall–Kier alpha value is -0.580. The maximum atomic E-state index is 9.86. The SMILES string of the molecule is Cc1nn(CC(CO)(NC2CC2)C2CC2)cc1Cl. The van der Waals surface area contributed by atoms with Gasteiger partial charge < -0.3 is 10.4 Å². The van der Waals surface area contributed by atoms with Crippen molar-refractivity contribution >= 4 is 11.6 Å². The minimum absolute atomic E-state index is 0.171. The van der Waals surface area contributed by atoms with E-state index in [0.717, 1.165) is 5.69 Å². The smallest absolute Gasteiger partial charge is 0.0814 e. The molecule has 0 radical (unpaired) electrons. The van der Waals surface area contributed by atoms with Crippen molar-refractivity contribution in [2.24, 2.45) is 5.92 Å². The van der Waals surface area contributed by atoms with Gasteiger partial charge in [0.05, 0.1) is 29.4 Å². The van der Waals surface area contributed by atoms with Crippen LogP contribution < -0.4 is 5.32 Å². The summed E-state index contributed by atoms with van der Waals surface area (Å²) in [5.74, 6) is 0.575. The van der Waals surface area contributed by atoms with Gasteiger partial charge in [0.1, 0.15) is 0 Å². The lowest BCUT2D eigenvalue weighted by Gasteiger charge is -2.33. The van der Waals surface area contributed by atoms with Gasteiger partial charge in [-0.1, -0.05) is 11.6 Å². The summed E-state index contributed by atoms with van der Waals surface area (Å²) in [6.07, 6.45) is 6.72. The van der Waals surface area contributed by atoms with E-state index < -0.39 is 0 Å². The van der Waals surface area contributed by atoms with Crippen molar-refractivity contribution in [1.29, 1.82) is 0 Å². The van der Waals surface area contributed by atoms with Gasteiger partial charge in [0, 0.05) is 12.2 Å². The van der Waals surface area contributed by atoms with Crippen LogP contribution in [0.15, 0.2) is 6.20 Å². The number of nitrogens with one attached hydrogen (secondary N) is 1. The van der Waals surface area contributed by atoms with Crippen molar-refractivity contribution in [2.45, 2.75) is 50.7 Å². The molecule has 1 heterocycles. The normalized spacial score (nSPS) is 23.1. The Balaban J connectivity index is 1.79. The lowest BCUT2D eigenvalue weighted by Crippen LogP contribution is -2.54. The molecule has 18 heavy (non-hydrogen) atoms. The van der Waals surface area contributed by atoms with Gasteiger partial charge in [-0.05, 0) is 38.5 Å². The first kappa shape index (κ1) is 12.5. The fourth-order valence-electron chi connectivity index (χ4n) is 2.65. The van der Waals surface area contributed by atoms with E-state index in [4.69, 9.17) is 11.6 Å². The summed E-state index contributed by atoms with van der Waals surface area (Å²) in [6, 6.07) is 0.588. The molecule has 0 aliphatic heterocycles. The van der Waals surface area contributed by atoms with Crippen LogP contribution >= 0.6 is 11.6 Å². The highest BCUT2D eigenvalue weighted by molar-refractivity contribution is 6.31. The van der Waals surface area contributed by atoms with Gasteiger partial charge in [0.15, 0.2) is 0 Å². The third-order valence-electron chi connectivity index (χ3n) is 4.04. The average Bonchev–Trinajstić information content (AvgIpc) is 3.21. The van der Waals surface area contributed by atoms with Gasteiger partial charge in [-0.3, -0.25) is 4.68 Å². The second-order valence-electron chi connectivity index (χ2n) is 5.77. The van der Waals surface area contributed by atoms with Crippen LogP contribution in [-0.4, -0.2) is 33.1 Å². The molecular weight excluding hydrogens is 250 g/mol. The van der Waals surface area contributed by atoms with Gasteiger partial charge in [0.2, 0.25) is 0 Å². The number of nitrogens with zero attached hydrogens (tertiary/aromatic N) is 2. The van der Waals surface area contributed by atoms with E-state index >= 15 is 0 Å². The summed E-state index contributed by atoms with van der Waals surface area (Å²) in [7, 11) is 0. The first-order valence-electron chi connectivity index (χ1n) is 6.71. The van der Waals surface area contributed by atoms with Crippen LogP contribution in [0.25, 0.3) is 0 Å². The molecule has 2 aliphatic carbocycles. The molecule has 1 atom stereocenters. The van der Waals surface area contributed by atoms with E-state index in [1.807, 2.05) is 17.8 Å². The largest absolute Gasteiger partial charge is 0.394 e. The lowest BCUT2D eigenvalue weighted by molar-refractivity contribution is 0.116. The first-order valence-corrected chi connectivity index (χ1v) is 7.09. The summed E-state index contributed by atoms with van der Waals surface area (Å²) in [6.45, 7) is 2.79. The Kier molecular flexibility index (Phi) is 3.12. The molecule has 5 heteroatoms. The van der Waals surface area contributed by atoms with Crippen LogP contribution in [0.2, 0.25) is 5.02 Å². The zero-order valence-corrected chi connectivity index (χ0v) is 11.5. The van der Waals surface area contributed by atoms with Crippen LogP contribution in [0.1, 0.15) is 31.4 Å². The standard InChI is InChI=1S/C13H20ClN3O/c1-9-12(14)6-17(16-9)7-13(8-18,10-2-3-10)15-11-4-5-11/h6,10-11,15,18H,2-5,7-8H2,1H3. The van der Waals surface area contributed by atoms with E-state index in [1.54, 1.807) is 0 Å². The number of hydrogen-bond donors (Lipinski definition) is 2. The Morgan fingerprint density at radius 2 is 2.22 bits per heavy atom. The van der Waals surface area contributed by atoms with Crippen molar-refractivity contribution in [1.82, 2.24) is 15.1 Å². The molecule has 4 nitrogen and oxygen atoms in total. The molecule has 3 rings (SSSR count). The monoisotopic (exact) mass is 269 g/mol. The van der Waals surface area contributed by atoms with Crippen LogP contribution in [0.3, 0.4) is 0 Å². The third-order valence-corrected chi connectivity index (χ3v) is 4.41. The molecule has 1 unspecified atom stereocenters. The quantitative estimate of drug-likeness (QED) is 0.827. The van der Waals surface area contributed by atoms with Gasteiger partial charge in [-0.2, -0.15) is 5.10 Å². The second-order valence-corrected chi connectivity index (χ2v) is 6.17. The van der Waals surface area contributed by atoms with Gasteiger partial charge >= 0.3 is 0 Å². The van der Waals surface area contributed by atoms with Gasteiger partial charge in [0.25, 0.3) is 0 Å². The number of rotatable bonds is 6. The van der Waals surface area contributed by atoms with Crippen molar-refractivity contribution < 1.29 is 5.11 Å². The van der Waals surface area contributed by atoms with E-state index in [2.05, 4.69) is 10.4 Å². The molecule has 100 valence electrons. The van der Waals surface area contributed by atoms with Gasteiger partial charge in [-0.15, -0.1) is 0 Å². The molecule has 0 amide bonds. The molecule has 2 fully saturated rings. The maximum absolute atomic E-state index is 9.86. The highest BCUT2D eigenvalue weighted by Gasteiger charge is 2.47. The summed E-state index contributed by atoms with van der Waals surface area (Å²) in [5, 5.41) is 18.6. The molecule has 0 spiro atoms. The molecule has 0 aromatic carbocycles. The topological polar surface area (TPSA) is 50.1 Å². The summed E-state index contributed by atoms with van der Waals surface area (Å²) in [5.41, 5.74) is 0.647. The Morgan fingerprint density at radius 3 is 2.67 bits per heavy atom. The zero-order chi connectivity index (χ0) is 12.8. The van der Waals surface area contributed by atoms with E-state index in [1.165, 1.54) is 25.7 Å². The van der Waals surface area contributed by atoms with Crippen molar-refractivity contribution in [3.63, 3.8) is 0 Å². The van der Waals surface area contributed by atoms with Crippen LogP contribution in [0.5, 0.6) is 0 Å². The van der Waals surface area contributed by atoms with E-state index in [9.17, 15) is 5.11 Å². The predicted octanol–water partition coefficient (Wildman–Crippen LogP) is 1.74. The Labute approximate surface area is 112 Å². The fraction of sp³-hybridized carbons (Fsp3) is 0.769. The van der Waals surface area contributed by atoms with E-state index in [-0.39, 0.29) is 12.1 Å². The van der Waals surface area contributed by atoms with Crippen LogP contribution in [0, 0.1) is 12.8 Å². The molecule has 0 bridgehead atoms. The van der Waals surface area contributed by atoms with Crippen LogP contribution in [-0.2, 0) is 6.54 Å². The number of aryl methyl sites for hydroxylation is 1. The summed E-state index contributed by atoms with van der Waals surface area (Å²) in [4.78, 5) is 0. The fourth-order valence-corrected chi connectivity index (χ4v) is 2.80. The minimum atomic E-state index is -0.205. The average molecular weight is 270 g/mol. The molecule has 2 N–H and O–H groups in total. The lowest BCUT2D eigenvalue weighted by atomic mass is 9.93. The number of hydrogen-bond acceptors (Lipinski definition) is 3. The predicted molar refractivity (Wildman–Crippen MR) is 70.7 cm³/mol. The number of halogens is 1. The number of aliphatic hydroxyl groups is 1. The van der Waals surface area contributed by atoms with Crippen molar-refractivity contribution in [2.75, 3.05) is 6.61 Å². The molecule has 1 aromatic rings.